The molecule has 4 nitrogen and oxygen atoms in total. The molecule has 0 aliphatic carbocycles. The Kier molecular flexibility index (Phi) is 7.40. The summed E-state index contributed by atoms with van der Waals surface area (Å²) in [6.07, 6.45) is 6.79. The highest BCUT2D eigenvalue weighted by atomic mass is 16.5. The molecule has 1 aromatic carbocycles. The standard InChI is InChI=1S/C19H30N2O2/c1-16-8-10-17(11-9-16)6-5-13-20-19(22)21(2)14-12-18-7-3-4-15-23-18/h8-11,18H,3-7,12-15H2,1-2H3,(H,20,22)/t18-/m0/s1. The molecule has 2 amide bonds. The minimum absolute atomic E-state index is 0.0183. The van der Waals surface area contributed by atoms with Gasteiger partial charge in [0.15, 0.2) is 0 Å². The molecule has 1 atom stereocenters. The number of ether oxygens (including phenoxy) is 1. The van der Waals surface area contributed by atoms with Crippen molar-refractivity contribution in [3.8, 4) is 0 Å². The highest BCUT2D eigenvalue weighted by Gasteiger charge is 2.16. The van der Waals surface area contributed by atoms with E-state index in [1.807, 2.05) is 7.05 Å². The quantitative estimate of drug-likeness (QED) is 0.782. The van der Waals surface area contributed by atoms with Gasteiger partial charge in [-0.2, -0.15) is 0 Å². The van der Waals surface area contributed by atoms with Crippen molar-refractivity contribution in [2.75, 3.05) is 26.7 Å². The number of hydrogen-bond acceptors (Lipinski definition) is 2. The van der Waals surface area contributed by atoms with Crippen LogP contribution < -0.4 is 5.32 Å². The lowest BCUT2D eigenvalue weighted by atomic mass is 10.1. The van der Waals surface area contributed by atoms with Gasteiger partial charge in [0, 0.05) is 26.7 Å². The van der Waals surface area contributed by atoms with E-state index < -0.39 is 0 Å². The number of carbonyl (C=O) groups is 1. The van der Waals surface area contributed by atoms with Gasteiger partial charge in [0.25, 0.3) is 0 Å². The molecule has 23 heavy (non-hydrogen) atoms. The average Bonchev–Trinajstić information content (AvgIpc) is 2.59. The summed E-state index contributed by atoms with van der Waals surface area (Å²) in [7, 11) is 1.86. The summed E-state index contributed by atoms with van der Waals surface area (Å²) in [5.74, 6) is 0. The molecule has 0 bridgehead atoms. The number of amides is 2. The monoisotopic (exact) mass is 318 g/mol. The van der Waals surface area contributed by atoms with E-state index in [-0.39, 0.29) is 6.03 Å². The molecule has 1 N–H and O–H groups in total. The predicted octanol–water partition coefficient (Wildman–Crippen LogP) is 3.53. The lowest BCUT2D eigenvalue weighted by Gasteiger charge is -2.25. The summed E-state index contributed by atoms with van der Waals surface area (Å²) in [6.45, 7) is 4.45. The van der Waals surface area contributed by atoms with Crippen LogP contribution in [0.1, 0.15) is 43.2 Å². The van der Waals surface area contributed by atoms with Crippen LogP contribution in [0.3, 0.4) is 0 Å². The second-order valence-corrected chi connectivity index (χ2v) is 6.52. The number of nitrogens with one attached hydrogen (secondary N) is 1. The average molecular weight is 318 g/mol. The van der Waals surface area contributed by atoms with E-state index in [9.17, 15) is 4.79 Å². The summed E-state index contributed by atoms with van der Waals surface area (Å²) in [5.41, 5.74) is 2.61. The molecule has 1 fully saturated rings. The predicted molar refractivity (Wildman–Crippen MR) is 93.7 cm³/mol. The Morgan fingerprint density at radius 2 is 2.09 bits per heavy atom. The molecular formula is C19H30N2O2. The van der Waals surface area contributed by atoms with Crippen molar-refractivity contribution >= 4 is 6.03 Å². The highest BCUT2D eigenvalue weighted by Crippen LogP contribution is 2.15. The fourth-order valence-corrected chi connectivity index (χ4v) is 2.85. The molecule has 1 aliphatic rings. The Labute approximate surface area is 140 Å². The number of benzene rings is 1. The van der Waals surface area contributed by atoms with Crippen molar-refractivity contribution in [3.05, 3.63) is 35.4 Å². The normalized spacial score (nSPS) is 17.7. The maximum atomic E-state index is 12.0. The number of aryl methyl sites for hydroxylation is 2. The Hall–Kier alpha value is -1.55. The van der Waals surface area contributed by atoms with Crippen LogP contribution in [-0.2, 0) is 11.2 Å². The van der Waals surface area contributed by atoms with Gasteiger partial charge in [-0.1, -0.05) is 29.8 Å². The molecule has 1 saturated heterocycles. The molecule has 128 valence electrons. The van der Waals surface area contributed by atoms with Crippen molar-refractivity contribution in [2.45, 2.75) is 51.6 Å². The van der Waals surface area contributed by atoms with Crippen LogP contribution in [-0.4, -0.2) is 43.8 Å². The van der Waals surface area contributed by atoms with Gasteiger partial charge in [0.05, 0.1) is 6.10 Å². The summed E-state index contributed by atoms with van der Waals surface area (Å²) >= 11 is 0. The number of nitrogens with zero attached hydrogens (tertiary/aromatic N) is 1. The van der Waals surface area contributed by atoms with Crippen molar-refractivity contribution in [1.82, 2.24) is 10.2 Å². The van der Waals surface area contributed by atoms with Crippen molar-refractivity contribution in [3.63, 3.8) is 0 Å². The first-order valence-corrected chi connectivity index (χ1v) is 8.81. The molecule has 0 aromatic heterocycles. The van der Waals surface area contributed by atoms with Crippen LogP contribution in [0.15, 0.2) is 24.3 Å². The van der Waals surface area contributed by atoms with E-state index in [4.69, 9.17) is 4.74 Å². The lowest BCUT2D eigenvalue weighted by Crippen LogP contribution is -2.39. The zero-order valence-corrected chi connectivity index (χ0v) is 14.5. The van der Waals surface area contributed by atoms with E-state index in [0.717, 1.165) is 45.4 Å². The van der Waals surface area contributed by atoms with E-state index in [0.29, 0.717) is 6.10 Å². The third-order valence-electron chi connectivity index (χ3n) is 4.45. The second kappa shape index (κ2) is 9.56. The van der Waals surface area contributed by atoms with E-state index in [1.165, 1.54) is 24.0 Å². The summed E-state index contributed by atoms with van der Waals surface area (Å²) < 4.78 is 5.71. The summed E-state index contributed by atoms with van der Waals surface area (Å²) in [5, 5.41) is 3.00. The third-order valence-corrected chi connectivity index (χ3v) is 4.45. The number of rotatable bonds is 7. The Balaban J connectivity index is 1.57. The van der Waals surface area contributed by atoms with Crippen molar-refractivity contribution in [1.29, 1.82) is 0 Å². The zero-order chi connectivity index (χ0) is 16.5. The molecule has 1 heterocycles. The van der Waals surface area contributed by atoms with E-state index in [1.54, 1.807) is 4.90 Å². The molecule has 4 heteroatoms. The fraction of sp³-hybridized carbons (Fsp3) is 0.632. The first kappa shape index (κ1) is 17.8. The first-order chi connectivity index (χ1) is 11.1. The minimum Gasteiger partial charge on any atom is -0.378 e. The largest absolute Gasteiger partial charge is 0.378 e. The van der Waals surface area contributed by atoms with Crippen LogP contribution in [0.25, 0.3) is 0 Å². The maximum absolute atomic E-state index is 12.0. The topological polar surface area (TPSA) is 41.6 Å². The molecule has 0 radical (unpaired) electrons. The van der Waals surface area contributed by atoms with Crippen LogP contribution in [0, 0.1) is 6.92 Å². The smallest absolute Gasteiger partial charge is 0.317 e. The van der Waals surface area contributed by atoms with Gasteiger partial charge < -0.3 is 15.0 Å². The van der Waals surface area contributed by atoms with Gasteiger partial charge in [-0.25, -0.2) is 4.79 Å². The lowest BCUT2D eigenvalue weighted by molar-refractivity contribution is 0.00828. The Morgan fingerprint density at radius 1 is 1.30 bits per heavy atom. The van der Waals surface area contributed by atoms with Crippen molar-refractivity contribution in [2.24, 2.45) is 0 Å². The molecule has 1 aromatic rings. The highest BCUT2D eigenvalue weighted by molar-refractivity contribution is 5.73. The maximum Gasteiger partial charge on any atom is 0.317 e. The van der Waals surface area contributed by atoms with Gasteiger partial charge in [-0.3, -0.25) is 0 Å². The number of carbonyl (C=O) groups excluding carboxylic acids is 1. The van der Waals surface area contributed by atoms with Gasteiger partial charge in [-0.15, -0.1) is 0 Å². The van der Waals surface area contributed by atoms with Crippen LogP contribution >= 0.6 is 0 Å². The zero-order valence-electron chi connectivity index (χ0n) is 14.5. The number of urea groups is 1. The van der Waals surface area contributed by atoms with Crippen LogP contribution in [0.5, 0.6) is 0 Å². The first-order valence-electron chi connectivity index (χ1n) is 8.81. The van der Waals surface area contributed by atoms with Gasteiger partial charge in [0.2, 0.25) is 0 Å². The molecule has 0 unspecified atom stereocenters. The van der Waals surface area contributed by atoms with Gasteiger partial charge in [-0.05, 0) is 51.0 Å². The van der Waals surface area contributed by atoms with Gasteiger partial charge in [0.1, 0.15) is 0 Å². The fourth-order valence-electron chi connectivity index (χ4n) is 2.85. The Morgan fingerprint density at radius 3 is 2.78 bits per heavy atom. The third kappa shape index (κ3) is 6.61. The SMILES string of the molecule is Cc1ccc(CCCNC(=O)N(C)CC[C@@H]2CCCCO2)cc1. The Bertz CT molecular complexity index is 467. The summed E-state index contributed by atoms with van der Waals surface area (Å²) in [4.78, 5) is 13.8. The summed E-state index contributed by atoms with van der Waals surface area (Å²) in [6, 6.07) is 8.61. The minimum atomic E-state index is 0.0183. The molecule has 2 rings (SSSR count). The molecule has 0 spiro atoms. The van der Waals surface area contributed by atoms with Crippen LogP contribution in [0.2, 0.25) is 0 Å². The molecular weight excluding hydrogens is 288 g/mol. The second-order valence-electron chi connectivity index (χ2n) is 6.52. The van der Waals surface area contributed by atoms with Gasteiger partial charge >= 0.3 is 6.03 Å². The van der Waals surface area contributed by atoms with E-state index >= 15 is 0 Å². The molecule has 0 saturated carbocycles. The van der Waals surface area contributed by atoms with E-state index in [2.05, 4.69) is 36.5 Å². The number of hydrogen-bond donors (Lipinski definition) is 1. The van der Waals surface area contributed by atoms with Crippen molar-refractivity contribution < 1.29 is 9.53 Å². The molecule has 1 aliphatic heterocycles. The van der Waals surface area contributed by atoms with Crippen LogP contribution in [0.4, 0.5) is 4.79 Å².